The van der Waals surface area contributed by atoms with E-state index in [9.17, 15) is 13.2 Å². The fraction of sp³-hybridized carbons (Fsp3) is 0.150. The Hall–Kier alpha value is -3.62. The first-order valence-electron chi connectivity index (χ1n) is 8.68. The van der Waals surface area contributed by atoms with Crippen molar-refractivity contribution in [3.05, 3.63) is 66.1 Å². The normalized spacial score (nSPS) is 12.6. The van der Waals surface area contributed by atoms with Crippen LogP contribution in [-0.4, -0.2) is 28.9 Å². The number of hydrogen-bond donors (Lipinski definition) is 3. The molecule has 0 aliphatic heterocycles. The summed E-state index contributed by atoms with van der Waals surface area (Å²) in [5.41, 5.74) is 14.4. The zero-order valence-electron chi connectivity index (χ0n) is 15.3. The van der Waals surface area contributed by atoms with Gasteiger partial charge in [0, 0.05) is 36.1 Å². The highest BCUT2D eigenvalue weighted by molar-refractivity contribution is 6.09. The van der Waals surface area contributed by atoms with Crippen molar-refractivity contribution >= 4 is 34.2 Å². The van der Waals surface area contributed by atoms with E-state index in [4.69, 9.17) is 11.5 Å². The maximum absolute atomic E-state index is 12.3. The van der Waals surface area contributed by atoms with Gasteiger partial charge in [-0.05, 0) is 35.9 Å². The molecule has 0 radical (unpaired) electrons. The first-order valence-corrected chi connectivity index (χ1v) is 8.68. The molecule has 1 aromatic carbocycles. The Kier molecular flexibility index (Phi) is 5.96. The van der Waals surface area contributed by atoms with E-state index >= 15 is 0 Å². The summed E-state index contributed by atoms with van der Waals surface area (Å²) >= 11 is 0. The molecular weight excluding hydrogens is 381 g/mol. The molecule has 0 fully saturated rings. The van der Waals surface area contributed by atoms with E-state index in [0.29, 0.717) is 23.7 Å². The molecule has 6 nitrogen and oxygen atoms in total. The molecule has 0 saturated heterocycles. The van der Waals surface area contributed by atoms with Gasteiger partial charge in [-0.1, -0.05) is 12.1 Å². The predicted octanol–water partition coefficient (Wildman–Crippen LogP) is 3.76. The van der Waals surface area contributed by atoms with E-state index in [2.05, 4.69) is 20.3 Å². The van der Waals surface area contributed by atoms with Gasteiger partial charge in [-0.25, -0.2) is 4.98 Å². The zero-order chi connectivity index (χ0) is 20.9. The van der Waals surface area contributed by atoms with Crippen LogP contribution in [0.2, 0.25) is 0 Å². The van der Waals surface area contributed by atoms with Crippen LogP contribution in [0.25, 0.3) is 16.5 Å². The number of benzene rings is 1. The van der Waals surface area contributed by atoms with Crippen LogP contribution in [0.1, 0.15) is 11.3 Å². The highest BCUT2D eigenvalue weighted by Crippen LogP contribution is 2.21. The zero-order valence-corrected chi connectivity index (χ0v) is 15.3. The number of nitrogen functional groups attached to an aromatic ring is 1. The molecular formula is C20H19F3N6. The predicted molar refractivity (Wildman–Crippen MR) is 109 cm³/mol. The molecule has 2 heterocycles. The number of nitrogens with one attached hydrogen (secondary N) is 1. The van der Waals surface area contributed by atoms with Crippen molar-refractivity contribution in [2.24, 2.45) is 10.7 Å². The fourth-order valence-corrected chi connectivity index (χ4v) is 2.64. The quantitative estimate of drug-likeness (QED) is 0.547. The number of alkyl halides is 3. The molecule has 2 aromatic heterocycles. The summed E-state index contributed by atoms with van der Waals surface area (Å²) in [6.45, 7) is -0.837. The third-order valence-electron chi connectivity index (χ3n) is 4.03. The third-order valence-corrected chi connectivity index (χ3v) is 4.03. The smallest absolute Gasteiger partial charge is 0.404 e. The molecule has 0 bridgehead atoms. The van der Waals surface area contributed by atoms with Crippen molar-refractivity contribution in [2.45, 2.75) is 12.7 Å². The highest BCUT2D eigenvalue weighted by atomic mass is 19.4. The number of nitrogens with two attached hydrogens (primary N) is 2. The van der Waals surface area contributed by atoms with Gasteiger partial charge in [0.1, 0.15) is 12.4 Å². The van der Waals surface area contributed by atoms with E-state index in [1.54, 1.807) is 18.3 Å². The minimum absolute atomic E-state index is 0.258. The molecule has 0 unspecified atom stereocenters. The standard InChI is InChI=1S/C20H19F3N6/c21-20(22,23)12-26-11-15(9-24)18-6-4-16(25)19(29-18)28-10-13-3-5-17-14(8-13)2-1-7-27-17/h1-9,11H,10,12,24-25H2,(H,28,29). The van der Waals surface area contributed by atoms with Crippen LogP contribution < -0.4 is 16.8 Å². The Morgan fingerprint density at radius 1 is 1.17 bits per heavy atom. The van der Waals surface area contributed by atoms with Crippen molar-refractivity contribution < 1.29 is 13.2 Å². The lowest BCUT2D eigenvalue weighted by atomic mass is 10.1. The largest absolute Gasteiger partial charge is 0.407 e. The van der Waals surface area contributed by atoms with E-state index < -0.39 is 12.7 Å². The number of rotatable bonds is 6. The van der Waals surface area contributed by atoms with E-state index in [1.807, 2.05) is 30.3 Å². The van der Waals surface area contributed by atoms with Crippen LogP contribution >= 0.6 is 0 Å². The van der Waals surface area contributed by atoms with Crippen molar-refractivity contribution in [3.8, 4) is 0 Å². The number of hydrogen-bond acceptors (Lipinski definition) is 6. The van der Waals surface area contributed by atoms with Crippen LogP contribution in [-0.2, 0) is 6.54 Å². The minimum Gasteiger partial charge on any atom is -0.404 e. The van der Waals surface area contributed by atoms with E-state index in [1.165, 1.54) is 0 Å². The average Bonchev–Trinajstić information content (AvgIpc) is 2.70. The summed E-state index contributed by atoms with van der Waals surface area (Å²) in [6.07, 6.45) is -0.450. The van der Waals surface area contributed by atoms with Gasteiger partial charge in [-0.15, -0.1) is 0 Å². The number of pyridine rings is 2. The second-order valence-corrected chi connectivity index (χ2v) is 6.23. The molecule has 150 valence electrons. The van der Waals surface area contributed by atoms with E-state index in [-0.39, 0.29) is 5.57 Å². The summed E-state index contributed by atoms with van der Waals surface area (Å²) in [6, 6.07) is 12.9. The topological polar surface area (TPSA) is 102 Å². The molecule has 0 atom stereocenters. The van der Waals surface area contributed by atoms with Crippen molar-refractivity contribution in [2.75, 3.05) is 17.6 Å². The van der Waals surface area contributed by atoms with Crippen molar-refractivity contribution in [3.63, 3.8) is 0 Å². The Morgan fingerprint density at radius 2 is 2.00 bits per heavy atom. The number of anilines is 2. The summed E-state index contributed by atoms with van der Waals surface area (Å²) in [5.74, 6) is 0.400. The van der Waals surface area contributed by atoms with Crippen molar-refractivity contribution in [1.29, 1.82) is 0 Å². The molecule has 9 heteroatoms. The number of aromatic nitrogens is 2. The van der Waals surface area contributed by atoms with Gasteiger partial charge in [0.25, 0.3) is 0 Å². The fourth-order valence-electron chi connectivity index (χ4n) is 2.64. The third kappa shape index (κ3) is 5.44. The second kappa shape index (κ2) is 8.59. The van der Waals surface area contributed by atoms with Gasteiger partial charge in [0.05, 0.1) is 16.9 Å². The molecule has 0 saturated carbocycles. The molecule has 29 heavy (non-hydrogen) atoms. The summed E-state index contributed by atoms with van der Waals surface area (Å²) in [7, 11) is 0. The summed E-state index contributed by atoms with van der Waals surface area (Å²) < 4.78 is 36.8. The molecule has 0 amide bonds. The Morgan fingerprint density at radius 3 is 2.76 bits per heavy atom. The van der Waals surface area contributed by atoms with Crippen LogP contribution in [0.3, 0.4) is 0 Å². The summed E-state index contributed by atoms with van der Waals surface area (Å²) in [5, 5.41) is 4.15. The van der Waals surface area contributed by atoms with Gasteiger partial charge < -0.3 is 16.8 Å². The van der Waals surface area contributed by atoms with Crippen LogP contribution in [0.15, 0.2) is 59.9 Å². The van der Waals surface area contributed by atoms with Crippen LogP contribution in [0.5, 0.6) is 0 Å². The SMILES string of the molecule is NC=C(C=NCC(F)(F)F)c1ccc(N)c(NCc2ccc3ncccc3c2)n1. The molecule has 0 aliphatic rings. The monoisotopic (exact) mass is 400 g/mol. The molecule has 0 aliphatic carbocycles. The lowest BCUT2D eigenvalue weighted by molar-refractivity contribution is -0.118. The average molecular weight is 400 g/mol. The first kappa shape index (κ1) is 20.1. The Labute approximate surface area is 165 Å². The number of halogens is 3. The maximum Gasteiger partial charge on any atom is 0.407 e. The summed E-state index contributed by atoms with van der Waals surface area (Å²) in [4.78, 5) is 12.0. The number of fused-ring (bicyclic) bond motifs is 1. The van der Waals surface area contributed by atoms with Gasteiger partial charge in [-0.3, -0.25) is 9.98 Å². The van der Waals surface area contributed by atoms with Crippen molar-refractivity contribution in [1.82, 2.24) is 9.97 Å². The Balaban J connectivity index is 1.75. The van der Waals surface area contributed by atoms with Crippen LogP contribution in [0.4, 0.5) is 24.7 Å². The van der Waals surface area contributed by atoms with Gasteiger partial charge >= 0.3 is 6.18 Å². The molecule has 0 spiro atoms. The molecule has 5 N–H and O–H groups in total. The lowest BCUT2D eigenvalue weighted by Gasteiger charge is -2.11. The Bertz CT molecular complexity index is 1060. The number of aliphatic imine (C=N–C) groups is 1. The maximum atomic E-state index is 12.3. The first-order chi connectivity index (χ1) is 13.9. The second-order valence-electron chi connectivity index (χ2n) is 6.23. The minimum atomic E-state index is -4.38. The molecule has 3 aromatic rings. The molecule has 3 rings (SSSR count). The van der Waals surface area contributed by atoms with Crippen LogP contribution in [0, 0.1) is 0 Å². The van der Waals surface area contributed by atoms with Gasteiger partial charge in [0.15, 0.2) is 0 Å². The van der Waals surface area contributed by atoms with Gasteiger partial charge in [0.2, 0.25) is 0 Å². The lowest BCUT2D eigenvalue weighted by Crippen LogP contribution is -2.12. The number of allylic oxidation sites excluding steroid dienone is 1. The number of nitrogens with zero attached hydrogens (tertiary/aromatic N) is 3. The van der Waals surface area contributed by atoms with Gasteiger partial charge in [-0.2, -0.15) is 13.2 Å². The highest BCUT2D eigenvalue weighted by Gasteiger charge is 2.26. The van der Waals surface area contributed by atoms with E-state index in [0.717, 1.165) is 28.9 Å².